The van der Waals surface area contributed by atoms with Gasteiger partial charge in [0.15, 0.2) is 0 Å². The molecule has 2 heterocycles. The summed E-state index contributed by atoms with van der Waals surface area (Å²) in [4.78, 5) is 12.8. The van der Waals surface area contributed by atoms with E-state index in [1.165, 1.54) is 0 Å². The summed E-state index contributed by atoms with van der Waals surface area (Å²) >= 11 is 0. The molecule has 3 aromatic carbocycles. The molecule has 28 heavy (non-hydrogen) atoms. The predicted molar refractivity (Wildman–Crippen MR) is 107 cm³/mol. The second-order valence-corrected chi connectivity index (χ2v) is 6.38. The standard InChI is InChI=1S/C23H15N3O2/c27-23-18-13-7-8-14-19(18)26-20(15-21(28-23)16-9-3-1-4-10-16)22(24-25-26)17-11-5-2-6-12-17/h1-15H/b21-15-. The van der Waals surface area contributed by atoms with Crippen LogP contribution in [0.4, 0.5) is 0 Å². The fourth-order valence-corrected chi connectivity index (χ4v) is 3.28. The third kappa shape index (κ3) is 2.70. The summed E-state index contributed by atoms with van der Waals surface area (Å²) in [6, 6.07) is 26.6. The number of carbonyl (C=O) groups is 1. The number of carbonyl (C=O) groups excluding carboxylic acids is 1. The molecule has 0 unspecified atom stereocenters. The Kier molecular flexibility index (Phi) is 3.84. The van der Waals surface area contributed by atoms with Crippen LogP contribution in [0.5, 0.6) is 0 Å². The van der Waals surface area contributed by atoms with Gasteiger partial charge in [-0.2, -0.15) is 0 Å². The molecule has 5 heteroatoms. The van der Waals surface area contributed by atoms with E-state index in [4.69, 9.17) is 4.74 Å². The van der Waals surface area contributed by atoms with Crippen LogP contribution >= 0.6 is 0 Å². The van der Waals surface area contributed by atoms with Crippen LogP contribution in [0.25, 0.3) is 28.8 Å². The molecule has 1 aliphatic rings. The summed E-state index contributed by atoms with van der Waals surface area (Å²) in [6.07, 6.45) is 1.82. The Balaban J connectivity index is 1.80. The van der Waals surface area contributed by atoms with Gasteiger partial charge in [-0.05, 0) is 12.1 Å². The molecule has 0 amide bonds. The maximum atomic E-state index is 12.8. The Morgan fingerprint density at radius 1 is 0.750 bits per heavy atom. The number of ether oxygens (including phenoxy) is 1. The topological polar surface area (TPSA) is 57.0 Å². The van der Waals surface area contributed by atoms with Crippen molar-refractivity contribution in [3.8, 4) is 16.9 Å². The van der Waals surface area contributed by atoms with Crippen molar-refractivity contribution >= 4 is 17.8 Å². The number of hydrogen-bond donors (Lipinski definition) is 0. The third-order valence-corrected chi connectivity index (χ3v) is 4.63. The van der Waals surface area contributed by atoms with Crippen molar-refractivity contribution in [3.05, 3.63) is 102 Å². The van der Waals surface area contributed by atoms with E-state index in [0.29, 0.717) is 17.0 Å². The lowest BCUT2D eigenvalue weighted by Gasteiger charge is -2.16. The number of nitrogens with zero attached hydrogens (tertiary/aromatic N) is 3. The van der Waals surface area contributed by atoms with E-state index in [2.05, 4.69) is 10.3 Å². The Bertz CT molecular complexity index is 1200. The van der Waals surface area contributed by atoms with Gasteiger partial charge in [-0.15, -0.1) is 5.10 Å². The average molecular weight is 365 g/mol. The van der Waals surface area contributed by atoms with Crippen LogP contribution in [0.15, 0.2) is 84.9 Å². The van der Waals surface area contributed by atoms with E-state index < -0.39 is 5.97 Å². The zero-order valence-electron chi connectivity index (χ0n) is 14.8. The van der Waals surface area contributed by atoms with E-state index in [9.17, 15) is 4.79 Å². The van der Waals surface area contributed by atoms with Gasteiger partial charge in [-0.3, -0.25) is 0 Å². The number of hydrogen-bond acceptors (Lipinski definition) is 4. The van der Waals surface area contributed by atoms with Crippen LogP contribution in [0, 0.1) is 0 Å². The monoisotopic (exact) mass is 365 g/mol. The molecule has 0 radical (unpaired) electrons. The normalized spacial score (nSPS) is 14.7. The zero-order chi connectivity index (χ0) is 18.9. The first-order valence-electron chi connectivity index (χ1n) is 8.91. The van der Waals surface area contributed by atoms with E-state index >= 15 is 0 Å². The molecular formula is C23H15N3O2. The molecule has 1 aromatic heterocycles. The van der Waals surface area contributed by atoms with Gasteiger partial charge in [0.2, 0.25) is 0 Å². The highest BCUT2D eigenvalue weighted by Crippen LogP contribution is 2.32. The van der Waals surface area contributed by atoms with E-state index in [1.54, 1.807) is 10.7 Å². The molecule has 0 spiro atoms. The quantitative estimate of drug-likeness (QED) is 0.487. The first kappa shape index (κ1) is 16.2. The van der Waals surface area contributed by atoms with Crippen molar-refractivity contribution in [1.29, 1.82) is 0 Å². The largest absolute Gasteiger partial charge is 0.422 e. The molecule has 0 N–H and O–H groups in total. The maximum absolute atomic E-state index is 12.8. The highest BCUT2D eigenvalue weighted by Gasteiger charge is 2.24. The molecule has 0 aliphatic carbocycles. The number of esters is 1. The summed E-state index contributed by atoms with van der Waals surface area (Å²) in [7, 11) is 0. The zero-order valence-corrected chi connectivity index (χ0v) is 14.8. The van der Waals surface area contributed by atoms with Crippen molar-refractivity contribution in [2.45, 2.75) is 0 Å². The Hall–Kier alpha value is -3.99. The summed E-state index contributed by atoms with van der Waals surface area (Å²) in [5.41, 5.74) is 4.31. The number of para-hydroxylation sites is 1. The number of aromatic nitrogens is 3. The number of rotatable bonds is 2. The summed E-state index contributed by atoms with van der Waals surface area (Å²) in [5, 5.41) is 8.76. The van der Waals surface area contributed by atoms with Crippen molar-refractivity contribution in [2.24, 2.45) is 0 Å². The van der Waals surface area contributed by atoms with Gasteiger partial charge in [0.25, 0.3) is 0 Å². The lowest BCUT2D eigenvalue weighted by molar-refractivity contribution is 0.0692. The molecule has 4 aromatic rings. The third-order valence-electron chi connectivity index (χ3n) is 4.63. The number of benzene rings is 3. The first-order valence-corrected chi connectivity index (χ1v) is 8.91. The second kappa shape index (κ2) is 6.63. The van der Waals surface area contributed by atoms with Gasteiger partial charge in [0, 0.05) is 17.2 Å². The van der Waals surface area contributed by atoms with Crippen LogP contribution in [0.1, 0.15) is 21.6 Å². The van der Waals surface area contributed by atoms with Gasteiger partial charge < -0.3 is 4.74 Å². The smallest absolute Gasteiger partial charge is 0.345 e. The van der Waals surface area contributed by atoms with E-state index in [0.717, 1.165) is 22.5 Å². The Labute approximate surface area is 161 Å². The maximum Gasteiger partial charge on any atom is 0.345 e. The van der Waals surface area contributed by atoms with Gasteiger partial charge in [0.1, 0.15) is 11.5 Å². The molecular weight excluding hydrogens is 350 g/mol. The average Bonchev–Trinajstić information content (AvgIpc) is 3.16. The molecule has 0 fully saturated rings. The van der Waals surface area contributed by atoms with E-state index in [-0.39, 0.29) is 0 Å². The van der Waals surface area contributed by atoms with Gasteiger partial charge in [-0.25, -0.2) is 9.48 Å². The molecule has 134 valence electrons. The van der Waals surface area contributed by atoms with Crippen molar-refractivity contribution in [1.82, 2.24) is 15.0 Å². The minimum Gasteiger partial charge on any atom is -0.422 e. The highest BCUT2D eigenvalue weighted by molar-refractivity contribution is 5.99. The summed E-state index contributed by atoms with van der Waals surface area (Å²) < 4.78 is 7.47. The molecule has 1 aliphatic heterocycles. The van der Waals surface area contributed by atoms with Crippen molar-refractivity contribution < 1.29 is 9.53 Å². The molecule has 0 atom stereocenters. The van der Waals surface area contributed by atoms with Crippen LogP contribution in [0.2, 0.25) is 0 Å². The molecule has 0 bridgehead atoms. The summed E-state index contributed by atoms with van der Waals surface area (Å²) in [6.45, 7) is 0. The minimum absolute atomic E-state index is 0.423. The van der Waals surface area contributed by atoms with Gasteiger partial charge in [0.05, 0.1) is 16.9 Å². The Morgan fingerprint density at radius 2 is 1.39 bits per heavy atom. The van der Waals surface area contributed by atoms with E-state index in [1.807, 2.05) is 84.9 Å². The molecule has 0 saturated carbocycles. The molecule has 5 rings (SSSR count). The SMILES string of the molecule is O=C1O/C(c2ccccc2)=C\c2c(-c3ccccc3)nnn2-c2ccccc21. The first-order chi connectivity index (χ1) is 13.8. The molecule has 5 nitrogen and oxygen atoms in total. The van der Waals surface area contributed by atoms with Crippen molar-refractivity contribution in [2.75, 3.05) is 0 Å². The number of fused-ring (bicyclic) bond motifs is 3. The van der Waals surface area contributed by atoms with Crippen molar-refractivity contribution in [3.63, 3.8) is 0 Å². The van der Waals surface area contributed by atoms with Gasteiger partial charge in [-0.1, -0.05) is 78.0 Å². The van der Waals surface area contributed by atoms with Crippen LogP contribution < -0.4 is 0 Å². The van der Waals surface area contributed by atoms with Gasteiger partial charge >= 0.3 is 5.97 Å². The lowest BCUT2D eigenvalue weighted by Crippen LogP contribution is -2.14. The highest BCUT2D eigenvalue weighted by atomic mass is 16.5. The molecule has 0 saturated heterocycles. The minimum atomic E-state index is -0.423. The predicted octanol–water partition coefficient (Wildman–Crippen LogP) is 4.60. The number of cyclic esters (lactones) is 1. The fraction of sp³-hybridized carbons (Fsp3) is 0. The Morgan fingerprint density at radius 3 is 2.14 bits per heavy atom. The van der Waals surface area contributed by atoms with Crippen LogP contribution in [-0.2, 0) is 4.74 Å². The van der Waals surface area contributed by atoms with Crippen LogP contribution in [-0.4, -0.2) is 21.0 Å². The lowest BCUT2D eigenvalue weighted by atomic mass is 10.1. The second-order valence-electron chi connectivity index (χ2n) is 6.38. The van der Waals surface area contributed by atoms with Crippen LogP contribution in [0.3, 0.4) is 0 Å². The fourth-order valence-electron chi connectivity index (χ4n) is 3.28. The summed E-state index contributed by atoms with van der Waals surface area (Å²) in [5.74, 6) is 0.0361.